The van der Waals surface area contributed by atoms with E-state index in [-0.39, 0.29) is 24.0 Å². The third kappa shape index (κ3) is 4.13. The second-order valence-electron chi connectivity index (χ2n) is 8.58. The number of ether oxygens (including phenoxy) is 1. The minimum atomic E-state index is -1.03. The molecule has 1 N–H and O–H groups in total. The Hall–Kier alpha value is -3.19. The van der Waals surface area contributed by atoms with Crippen LogP contribution in [0.25, 0.3) is 11.0 Å². The number of carboxylic acid groups (broad SMARTS) is 1. The first kappa shape index (κ1) is 23.0. The average molecular weight is 469 g/mol. The molecule has 1 aromatic heterocycles. The van der Waals surface area contributed by atoms with Crippen LogP contribution < -0.4 is 21.7 Å². The molecule has 172 valence electrons. The monoisotopic (exact) mass is 468 g/mol. The van der Waals surface area contributed by atoms with Crippen molar-refractivity contribution in [3.05, 3.63) is 59.4 Å². The van der Waals surface area contributed by atoms with Gasteiger partial charge in [0.15, 0.2) is 29.2 Å². The number of Topliss-reactive ketones (excluding diaryl/α,β-unsaturated/α-hetero) is 2. The number of benzene rings is 2. The first-order valence-electron chi connectivity index (χ1n) is 11.0. The lowest BCUT2D eigenvalue weighted by molar-refractivity contribution is -0.676. The topological polar surface area (TPSA) is 89.5 Å². The number of hydrogen-bond donors (Lipinski definition) is 1. The van der Waals surface area contributed by atoms with E-state index in [1.165, 1.54) is 0 Å². The van der Waals surface area contributed by atoms with Gasteiger partial charge in [0.1, 0.15) is 5.75 Å². The Kier molecular flexibility index (Phi) is 6.26. The van der Waals surface area contributed by atoms with Crippen molar-refractivity contribution in [3.8, 4) is 5.75 Å². The lowest BCUT2D eigenvalue weighted by atomic mass is 9.99. The van der Waals surface area contributed by atoms with Crippen LogP contribution in [0.4, 0.5) is 0 Å². The van der Waals surface area contributed by atoms with Gasteiger partial charge in [-0.1, -0.05) is 24.3 Å². The summed E-state index contributed by atoms with van der Waals surface area (Å²) >= 11 is 0. The van der Waals surface area contributed by atoms with Gasteiger partial charge in [0.2, 0.25) is 0 Å². The Balaban J connectivity index is 0.00000259. The molecule has 2 aliphatic carbocycles. The van der Waals surface area contributed by atoms with E-state index >= 15 is 0 Å². The molecule has 0 aliphatic heterocycles. The molecule has 0 unspecified atom stereocenters. The average Bonchev–Trinajstić information content (AvgIpc) is 3.53. The summed E-state index contributed by atoms with van der Waals surface area (Å²) in [7, 11) is 0. The van der Waals surface area contributed by atoms with Crippen LogP contribution >= 0.6 is 0 Å². The van der Waals surface area contributed by atoms with E-state index < -0.39 is 18.5 Å². The molecule has 1 fully saturated rings. The van der Waals surface area contributed by atoms with Crippen LogP contribution in [0.2, 0.25) is 0 Å². The number of carboxylic acids is 1. The van der Waals surface area contributed by atoms with Gasteiger partial charge in [0.25, 0.3) is 5.82 Å². The van der Waals surface area contributed by atoms with Gasteiger partial charge in [0.05, 0.1) is 25.4 Å². The number of halogens is 1. The number of fused-ring (bicyclic) bond motifs is 2. The number of hydrogen-bond acceptors (Lipinski definition) is 4. The SMILES string of the molecule is CC[n+]1c(CC2C(=O)c3ccccc3C2=O)n(CC2CC2)c2cc(OCC(=O)O)ccc21.[Cl-]. The highest BCUT2D eigenvalue weighted by Crippen LogP contribution is 2.35. The summed E-state index contributed by atoms with van der Waals surface area (Å²) in [6.45, 7) is 3.15. The Bertz CT molecular complexity index is 1230. The number of ketones is 2. The molecule has 0 radical (unpaired) electrons. The predicted octanol–water partition coefficient (Wildman–Crippen LogP) is 0.0640. The summed E-state index contributed by atoms with van der Waals surface area (Å²) in [5.74, 6) is 0.0547. The van der Waals surface area contributed by atoms with E-state index in [1.54, 1.807) is 30.3 Å². The summed E-state index contributed by atoms with van der Waals surface area (Å²) in [5.41, 5.74) is 2.95. The molecule has 2 aromatic carbocycles. The molecule has 2 aliphatic rings. The first-order chi connectivity index (χ1) is 15.5. The third-order valence-electron chi connectivity index (χ3n) is 6.45. The molecule has 0 bridgehead atoms. The second-order valence-corrected chi connectivity index (χ2v) is 8.58. The summed E-state index contributed by atoms with van der Waals surface area (Å²) in [5, 5.41) is 8.94. The van der Waals surface area contributed by atoms with E-state index in [4.69, 9.17) is 9.84 Å². The molecule has 0 atom stereocenters. The molecule has 1 heterocycles. The van der Waals surface area contributed by atoms with Crippen LogP contribution in [-0.2, 0) is 24.3 Å². The molecule has 0 spiro atoms. The van der Waals surface area contributed by atoms with Crippen LogP contribution in [0.15, 0.2) is 42.5 Å². The zero-order valence-electron chi connectivity index (χ0n) is 18.3. The summed E-state index contributed by atoms with van der Waals surface area (Å²) in [6, 6.07) is 12.6. The van der Waals surface area contributed by atoms with Gasteiger partial charge in [-0.05, 0) is 37.8 Å². The Labute approximate surface area is 197 Å². The van der Waals surface area contributed by atoms with E-state index in [0.717, 1.165) is 36.2 Å². The number of aryl methyl sites for hydroxylation is 1. The van der Waals surface area contributed by atoms with Crippen LogP contribution in [0.5, 0.6) is 5.75 Å². The summed E-state index contributed by atoms with van der Waals surface area (Å²) < 4.78 is 9.77. The van der Waals surface area contributed by atoms with Crippen LogP contribution in [0, 0.1) is 11.8 Å². The normalized spacial score (nSPS) is 15.5. The largest absolute Gasteiger partial charge is 1.00 e. The maximum Gasteiger partial charge on any atom is 0.341 e. The predicted molar refractivity (Wildman–Crippen MR) is 116 cm³/mol. The van der Waals surface area contributed by atoms with Gasteiger partial charge >= 0.3 is 5.97 Å². The molecule has 1 saturated carbocycles. The quantitative estimate of drug-likeness (QED) is 0.373. The van der Waals surface area contributed by atoms with Crippen molar-refractivity contribution in [1.82, 2.24) is 4.57 Å². The van der Waals surface area contributed by atoms with Gasteiger partial charge in [0, 0.05) is 17.2 Å². The maximum atomic E-state index is 13.1. The highest BCUT2D eigenvalue weighted by Gasteiger charge is 2.42. The van der Waals surface area contributed by atoms with Crippen molar-refractivity contribution in [1.29, 1.82) is 0 Å². The van der Waals surface area contributed by atoms with E-state index in [2.05, 4.69) is 9.13 Å². The molecular weight excluding hydrogens is 444 g/mol. The van der Waals surface area contributed by atoms with Crippen molar-refractivity contribution >= 4 is 28.6 Å². The van der Waals surface area contributed by atoms with E-state index in [9.17, 15) is 14.4 Å². The van der Waals surface area contributed by atoms with Crippen molar-refractivity contribution in [2.45, 2.75) is 39.3 Å². The lowest BCUT2D eigenvalue weighted by Crippen LogP contribution is -3.00. The van der Waals surface area contributed by atoms with Crippen LogP contribution in [-0.4, -0.2) is 33.8 Å². The highest BCUT2D eigenvalue weighted by atomic mass is 35.5. The van der Waals surface area contributed by atoms with Crippen molar-refractivity contribution in [3.63, 3.8) is 0 Å². The number of nitrogens with zero attached hydrogens (tertiary/aromatic N) is 2. The second kappa shape index (κ2) is 8.98. The number of aromatic nitrogens is 2. The first-order valence-corrected chi connectivity index (χ1v) is 11.0. The molecule has 33 heavy (non-hydrogen) atoms. The zero-order chi connectivity index (χ0) is 22.4. The number of aliphatic carboxylic acids is 1. The third-order valence-corrected chi connectivity index (χ3v) is 6.45. The minimum absolute atomic E-state index is 0. The molecule has 3 aromatic rings. The molecule has 5 rings (SSSR count). The molecule has 7 nitrogen and oxygen atoms in total. The Morgan fingerprint density at radius 2 is 1.79 bits per heavy atom. The van der Waals surface area contributed by atoms with Gasteiger partial charge in [-0.15, -0.1) is 0 Å². The van der Waals surface area contributed by atoms with Crippen molar-refractivity contribution in [2.75, 3.05) is 6.61 Å². The fourth-order valence-corrected chi connectivity index (χ4v) is 4.72. The number of imidazole rings is 1. The van der Waals surface area contributed by atoms with Crippen molar-refractivity contribution < 1.29 is 41.2 Å². The van der Waals surface area contributed by atoms with Crippen LogP contribution in [0.1, 0.15) is 46.3 Å². The van der Waals surface area contributed by atoms with Gasteiger partial charge < -0.3 is 22.3 Å². The molecule has 8 heteroatoms. The van der Waals surface area contributed by atoms with E-state index in [0.29, 0.717) is 35.8 Å². The summed E-state index contributed by atoms with van der Waals surface area (Å²) in [4.78, 5) is 37.0. The standard InChI is InChI=1S/C25H24N2O5.ClH/c1-2-26-20-10-9-16(32-14-23(28)29)11-21(20)27(13-15-7-8-15)22(26)12-19-24(30)17-5-3-4-6-18(17)25(19)31;/h3-6,9-11,15,19H,2,7-8,12-14H2,1H3;1H. The lowest BCUT2D eigenvalue weighted by Gasteiger charge is -2.08. The fourth-order valence-electron chi connectivity index (χ4n) is 4.72. The minimum Gasteiger partial charge on any atom is -1.00 e. The van der Waals surface area contributed by atoms with Crippen LogP contribution in [0.3, 0.4) is 0 Å². The Morgan fingerprint density at radius 1 is 1.12 bits per heavy atom. The molecular formula is C25H25ClN2O5. The number of carbonyl (C=O) groups excluding carboxylic acids is 2. The van der Waals surface area contributed by atoms with E-state index in [1.807, 2.05) is 19.1 Å². The fraction of sp³-hybridized carbons (Fsp3) is 0.360. The number of carbonyl (C=O) groups is 3. The zero-order valence-corrected chi connectivity index (χ0v) is 19.0. The number of rotatable bonds is 8. The Morgan fingerprint density at radius 3 is 2.36 bits per heavy atom. The molecule has 0 saturated heterocycles. The van der Waals surface area contributed by atoms with Gasteiger partial charge in [-0.2, -0.15) is 0 Å². The van der Waals surface area contributed by atoms with Gasteiger partial charge in [-0.25, -0.2) is 13.9 Å². The smallest absolute Gasteiger partial charge is 0.341 e. The van der Waals surface area contributed by atoms with Crippen molar-refractivity contribution in [2.24, 2.45) is 11.8 Å². The highest BCUT2D eigenvalue weighted by molar-refractivity contribution is 6.26. The maximum absolute atomic E-state index is 13.1. The molecule has 0 amide bonds. The van der Waals surface area contributed by atoms with Gasteiger partial charge in [-0.3, -0.25) is 9.59 Å². The summed E-state index contributed by atoms with van der Waals surface area (Å²) in [6.07, 6.45) is 2.66.